The van der Waals surface area contributed by atoms with Gasteiger partial charge in [0.05, 0.1) is 5.41 Å². The summed E-state index contributed by atoms with van der Waals surface area (Å²) in [7, 11) is 2.00. The van der Waals surface area contributed by atoms with E-state index >= 15 is 0 Å². The minimum absolute atomic E-state index is 0.314. The van der Waals surface area contributed by atoms with Crippen LogP contribution in [0.5, 0.6) is 0 Å². The lowest BCUT2D eigenvalue weighted by Gasteiger charge is -2.41. The van der Waals surface area contributed by atoms with Crippen LogP contribution in [0.3, 0.4) is 0 Å². The van der Waals surface area contributed by atoms with Gasteiger partial charge in [0.15, 0.2) is 0 Å². The van der Waals surface area contributed by atoms with Crippen molar-refractivity contribution in [2.45, 2.75) is 44.1 Å². The summed E-state index contributed by atoms with van der Waals surface area (Å²) in [5.41, 5.74) is 0.857. The number of likely N-dealkylation sites (N-methyl/N-ethyl adjacent to an activating group) is 1. The topological polar surface area (TPSA) is 32.3 Å². The molecule has 1 aromatic carbocycles. The van der Waals surface area contributed by atoms with E-state index in [1.54, 1.807) is 0 Å². The molecule has 1 atom stereocenters. The first kappa shape index (κ1) is 14.6. The molecule has 3 nitrogen and oxygen atoms in total. The van der Waals surface area contributed by atoms with E-state index in [1.807, 2.05) is 18.0 Å². The fraction of sp³-hybridized carbons (Fsp3) is 0.611. The van der Waals surface area contributed by atoms with Gasteiger partial charge in [-0.25, -0.2) is 0 Å². The van der Waals surface area contributed by atoms with E-state index in [2.05, 4.69) is 36.5 Å². The molecule has 1 unspecified atom stereocenters. The Morgan fingerprint density at radius 1 is 1.24 bits per heavy atom. The Labute approximate surface area is 127 Å². The molecular weight excluding hydrogens is 260 g/mol. The molecule has 1 saturated heterocycles. The molecule has 1 heterocycles. The number of hydrogen-bond donors (Lipinski definition) is 1. The molecule has 21 heavy (non-hydrogen) atoms. The summed E-state index contributed by atoms with van der Waals surface area (Å²) in [6, 6.07) is 10.7. The average molecular weight is 286 g/mol. The van der Waals surface area contributed by atoms with Crippen LogP contribution < -0.4 is 5.32 Å². The summed E-state index contributed by atoms with van der Waals surface area (Å²) in [4.78, 5) is 15.3. The highest BCUT2D eigenvalue weighted by Gasteiger charge is 2.45. The second-order valence-corrected chi connectivity index (χ2v) is 6.69. The first-order valence-electron chi connectivity index (χ1n) is 8.19. The van der Waals surface area contributed by atoms with E-state index in [-0.39, 0.29) is 5.41 Å². The van der Waals surface area contributed by atoms with Gasteiger partial charge in [-0.1, -0.05) is 30.3 Å². The second-order valence-electron chi connectivity index (χ2n) is 6.69. The van der Waals surface area contributed by atoms with Gasteiger partial charge in [-0.3, -0.25) is 4.79 Å². The van der Waals surface area contributed by atoms with Crippen LogP contribution in [-0.4, -0.2) is 37.0 Å². The van der Waals surface area contributed by atoms with Gasteiger partial charge in [0.25, 0.3) is 0 Å². The quantitative estimate of drug-likeness (QED) is 0.922. The molecule has 2 aliphatic rings. The predicted octanol–water partition coefficient (Wildman–Crippen LogP) is 2.56. The molecule has 3 heteroatoms. The maximum atomic E-state index is 13.3. The number of nitrogens with zero attached hydrogens (tertiary/aromatic N) is 1. The molecule has 1 saturated carbocycles. The first-order chi connectivity index (χ1) is 10.1. The maximum absolute atomic E-state index is 13.3. The van der Waals surface area contributed by atoms with Crippen LogP contribution >= 0.6 is 0 Å². The summed E-state index contributed by atoms with van der Waals surface area (Å²) < 4.78 is 0. The summed E-state index contributed by atoms with van der Waals surface area (Å²) in [6.45, 7) is 4.05. The van der Waals surface area contributed by atoms with Crippen molar-refractivity contribution in [3.05, 3.63) is 35.9 Å². The Morgan fingerprint density at radius 2 is 1.86 bits per heavy atom. The van der Waals surface area contributed by atoms with Gasteiger partial charge in [-0.2, -0.15) is 0 Å². The van der Waals surface area contributed by atoms with Crippen LogP contribution in [0.1, 0.15) is 38.2 Å². The number of nitrogens with one attached hydrogen (secondary N) is 1. The highest BCUT2D eigenvalue weighted by Crippen LogP contribution is 2.39. The Bertz CT molecular complexity index is 489. The van der Waals surface area contributed by atoms with Crippen LogP contribution in [0, 0.1) is 5.92 Å². The van der Waals surface area contributed by atoms with E-state index < -0.39 is 0 Å². The summed E-state index contributed by atoms with van der Waals surface area (Å²) in [6.07, 6.45) is 4.35. The highest BCUT2D eigenvalue weighted by atomic mass is 16.2. The summed E-state index contributed by atoms with van der Waals surface area (Å²) in [5.74, 6) is 1.03. The zero-order valence-corrected chi connectivity index (χ0v) is 13.1. The standard InChI is InChI=1S/C18H26N2O/c1-14(15-8-9-15)20(2)17(21)18(10-12-19-13-11-18)16-6-4-3-5-7-16/h3-7,14-15,19H,8-13H2,1-2H3. The van der Waals surface area contributed by atoms with Gasteiger partial charge in [0.1, 0.15) is 0 Å². The molecule has 1 aromatic rings. The monoisotopic (exact) mass is 286 g/mol. The van der Waals surface area contributed by atoms with E-state index in [0.29, 0.717) is 17.9 Å². The van der Waals surface area contributed by atoms with Crippen molar-refractivity contribution in [3.63, 3.8) is 0 Å². The zero-order chi connectivity index (χ0) is 14.9. The molecule has 2 fully saturated rings. The smallest absolute Gasteiger partial charge is 0.233 e. The van der Waals surface area contributed by atoms with E-state index in [4.69, 9.17) is 0 Å². The third-order valence-corrected chi connectivity index (χ3v) is 5.43. The normalized spacial score (nSPS) is 22.6. The molecule has 0 aromatic heterocycles. The van der Waals surface area contributed by atoms with Crippen molar-refractivity contribution in [1.82, 2.24) is 10.2 Å². The lowest BCUT2D eigenvalue weighted by Crippen LogP contribution is -2.53. The Morgan fingerprint density at radius 3 is 2.43 bits per heavy atom. The fourth-order valence-electron chi connectivity index (χ4n) is 3.65. The van der Waals surface area contributed by atoms with Crippen molar-refractivity contribution in [3.8, 4) is 0 Å². The number of hydrogen-bond acceptors (Lipinski definition) is 2. The molecule has 1 aliphatic heterocycles. The third-order valence-electron chi connectivity index (χ3n) is 5.43. The molecule has 114 valence electrons. The molecule has 0 spiro atoms. The molecule has 1 amide bonds. The number of piperidine rings is 1. The zero-order valence-electron chi connectivity index (χ0n) is 13.1. The number of carbonyl (C=O) groups is 1. The van der Waals surface area contributed by atoms with E-state index in [9.17, 15) is 4.79 Å². The van der Waals surface area contributed by atoms with Crippen molar-refractivity contribution >= 4 is 5.91 Å². The van der Waals surface area contributed by atoms with Crippen molar-refractivity contribution in [2.75, 3.05) is 20.1 Å². The van der Waals surface area contributed by atoms with E-state index in [1.165, 1.54) is 18.4 Å². The van der Waals surface area contributed by atoms with Gasteiger partial charge in [0.2, 0.25) is 5.91 Å². The highest BCUT2D eigenvalue weighted by molar-refractivity contribution is 5.88. The third kappa shape index (κ3) is 2.71. The molecule has 0 bridgehead atoms. The van der Waals surface area contributed by atoms with Gasteiger partial charge in [0, 0.05) is 13.1 Å². The van der Waals surface area contributed by atoms with Crippen molar-refractivity contribution in [2.24, 2.45) is 5.92 Å². The second kappa shape index (κ2) is 5.80. The minimum atomic E-state index is -0.329. The SMILES string of the molecule is CC(C1CC1)N(C)C(=O)C1(c2ccccc2)CCNCC1. The molecule has 3 rings (SSSR count). The van der Waals surface area contributed by atoms with Crippen LogP contribution in [-0.2, 0) is 10.2 Å². The Hall–Kier alpha value is -1.35. The largest absolute Gasteiger partial charge is 0.342 e. The summed E-state index contributed by atoms with van der Waals surface area (Å²) >= 11 is 0. The lowest BCUT2D eigenvalue weighted by atomic mass is 9.72. The van der Waals surface area contributed by atoms with Crippen LogP contribution in [0.2, 0.25) is 0 Å². The predicted molar refractivity (Wildman–Crippen MR) is 85.2 cm³/mol. The van der Waals surface area contributed by atoms with E-state index in [0.717, 1.165) is 25.9 Å². The number of benzene rings is 1. The fourth-order valence-corrected chi connectivity index (χ4v) is 3.65. The number of amides is 1. The average Bonchev–Trinajstić information content (AvgIpc) is 3.39. The van der Waals surface area contributed by atoms with Gasteiger partial charge in [-0.15, -0.1) is 0 Å². The minimum Gasteiger partial charge on any atom is -0.342 e. The molecule has 1 aliphatic carbocycles. The lowest BCUT2D eigenvalue weighted by molar-refractivity contribution is -0.139. The molecular formula is C18H26N2O. The van der Waals surface area contributed by atoms with Crippen LogP contribution in [0.4, 0.5) is 0 Å². The van der Waals surface area contributed by atoms with Crippen LogP contribution in [0.15, 0.2) is 30.3 Å². The van der Waals surface area contributed by atoms with Crippen molar-refractivity contribution in [1.29, 1.82) is 0 Å². The summed E-state index contributed by atoms with van der Waals surface area (Å²) in [5, 5.41) is 3.40. The van der Waals surface area contributed by atoms with Crippen LogP contribution in [0.25, 0.3) is 0 Å². The molecule has 0 radical (unpaired) electrons. The Kier molecular flexibility index (Phi) is 4.03. The van der Waals surface area contributed by atoms with Crippen molar-refractivity contribution < 1.29 is 4.79 Å². The number of carbonyl (C=O) groups excluding carboxylic acids is 1. The molecule has 1 N–H and O–H groups in total. The number of rotatable bonds is 4. The van der Waals surface area contributed by atoms with Gasteiger partial charge < -0.3 is 10.2 Å². The Balaban J connectivity index is 1.89. The maximum Gasteiger partial charge on any atom is 0.233 e. The van der Waals surface area contributed by atoms with Gasteiger partial charge >= 0.3 is 0 Å². The van der Waals surface area contributed by atoms with Gasteiger partial charge in [-0.05, 0) is 57.2 Å². The first-order valence-corrected chi connectivity index (χ1v) is 8.19.